The lowest BCUT2D eigenvalue weighted by molar-refractivity contribution is 0.0675. The van der Waals surface area contributed by atoms with Crippen molar-refractivity contribution in [2.24, 2.45) is 0 Å². The number of carboxylic acids is 1. The van der Waals surface area contributed by atoms with Crippen molar-refractivity contribution in [3.8, 4) is 0 Å². The van der Waals surface area contributed by atoms with Gasteiger partial charge in [0.25, 0.3) is 6.43 Å². The van der Waals surface area contributed by atoms with E-state index < -0.39 is 23.8 Å². The molecule has 0 aromatic carbocycles. The number of aromatic carboxylic acids is 1. The zero-order chi connectivity index (χ0) is 14.3. The number of alkyl halides is 2. The number of tetrazole rings is 1. The molecule has 1 saturated carbocycles. The highest BCUT2D eigenvalue weighted by Gasteiger charge is 2.30. The minimum Gasteiger partial charge on any atom is -0.476 e. The largest absolute Gasteiger partial charge is 0.476 e. The van der Waals surface area contributed by atoms with E-state index >= 15 is 0 Å². The summed E-state index contributed by atoms with van der Waals surface area (Å²) >= 11 is 0. The van der Waals surface area contributed by atoms with E-state index in [9.17, 15) is 13.6 Å². The number of aromatic nitrogens is 7. The van der Waals surface area contributed by atoms with Gasteiger partial charge in [-0.15, -0.1) is 10.2 Å². The molecule has 1 N–H and O–H groups in total. The summed E-state index contributed by atoms with van der Waals surface area (Å²) in [6, 6.07) is 0.178. The standard InChI is InChI=1S/C9H9F2N7O2/c10-8(11)7-6(9(19)20)13-15-17(7)3-5-12-14-16-18(5)4-1-2-4/h4,8H,1-3H2,(H,19,20). The molecule has 0 unspecified atom stereocenters. The second-order valence-corrected chi connectivity index (χ2v) is 4.36. The van der Waals surface area contributed by atoms with Crippen LogP contribution in [0, 0.1) is 0 Å². The van der Waals surface area contributed by atoms with Gasteiger partial charge in [0.1, 0.15) is 12.2 Å². The van der Waals surface area contributed by atoms with Crippen molar-refractivity contribution in [2.45, 2.75) is 31.9 Å². The summed E-state index contributed by atoms with van der Waals surface area (Å²) in [5.74, 6) is -1.20. The Morgan fingerprint density at radius 2 is 2.10 bits per heavy atom. The molecule has 3 rings (SSSR count). The predicted molar refractivity (Wildman–Crippen MR) is 57.1 cm³/mol. The van der Waals surface area contributed by atoms with Gasteiger partial charge >= 0.3 is 5.97 Å². The Morgan fingerprint density at radius 3 is 2.70 bits per heavy atom. The summed E-state index contributed by atoms with van der Waals surface area (Å²) in [5, 5.41) is 26.5. The number of halogens is 2. The van der Waals surface area contributed by atoms with E-state index in [0.717, 1.165) is 17.5 Å². The Labute approximate surface area is 110 Å². The molecule has 0 bridgehead atoms. The van der Waals surface area contributed by atoms with Crippen molar-refractivity contribution in [1.82, 2.24) is 35.2 Å². The lowest BCUT2D eigenvalue weighted by atomic mass is 10.3. The number of nitrogens with zero attached hydrogens (tertiary/aromatic N) is 7. The zero-order valence-corrected chi connectivity index (χ0v) is 10.0. The van der Waals surface area contributed by atoms with Crippen LogP contribution < -0.4 is 0 Å². The SMILES string of the molecule is O=C(O)c1nnn(Cc2nnnn2C2CC2)c1C(F)F. The van der Waals surface area contributed by atoms with Gasteiger partial charge in [0, 0.05) is 0 Å². The fraction of sp³-hybridized carbons (Fsp3) is 0.556. The molecule has 11 heteroatoms. The molecule has 2 aromatic heterocycles. The van der Waals surface area contributed by atoms with Crippen LogP contribution in [0.2, 0.25) is 0 Å². The lowest BCUT2D eigenvalue weighted by Gasteiger charge is -2.06. The Morgan fingerprint density at radius 1 is 1.35 bits per heavy atom. The molecule has 20 heavy (non-hydrogen) atoms. The Bertz CT molecular complexity index is 649. The van der Waals surface area contributed by atoms with Gasteiger partial charge in [-0.2, -0.15) is 0 Å². The first kappa shape index (κ1) is 12.6. The van der Waals surface area contributed by atoms with Crippen LogP contribution in [0.25, 0.3) is 0 Å². The van der Waals surface area contributed by atoms with Crippen LogP contribution in [0.4, 0.5) is 8.78 Å². The van der Waals surface area contributed by atoms with Crippen molar-refractivity contribution in [1.29, 1.82) is 0 Å². The molecule has 0 amide bonds. The van der Waals surface area contributed by atoms with E-state index in [0.29, 0.717) is 5.82 Å². The second-order valence-electron chi connectivity index (χ2n) is 4.36. The van der Waals surface area contributed by atoms with Crippen LogP contribution in [-0.2, 0) is 6.54 Å². The van der Waals surface area contributed by atoms with Crippen LogP contribution >= 0.6 is 0 Å². The fourth-order valence-corrected chi connectivity index (χ4v) is 1.86. The third-order valence-corrected chi connectivity index (χ3v) is 2.93. The van der Waals surface area contributed by atoms with Crippen LogP contribution in [0.5, 0.6) is 0 Å². The molecule has 2 heterocycles. The molecule has 2 aromatic rings. The van der Waals surface area contributed by atoms with Crippen LogP contribution in [0.3, 0.4) is 0 Å². The van der Waals surface area contributed by atoms with E-state index in [1.54, 1.807) is 0 Å². The van der Waals surface area contributed by atoms with E-state index in [4.69, 9.17) is 5.11 Å². The maximum absolute atomic E-state index is 13.0. The maximum atomic E-state index is 13.0. The Balaban J connectivity index is 1.94. The average Bonchev–Trinajstić information content (AvgIpc) is 2.97. The topological polar surface area (TPSA) is 112 Å². The highest BCUT2D eigenvalue weighted by atomic mass is 19.3. The number of hydrogen-bond donors (Lipinski definition) is 1. The first-order valence-corrected chi connectivity index (χ1v) is 5.79. The third-order valence-electron chi connectivity index (χ3n) is 2.93. The Hall–Kier alpha value is -2.46. The second kappa shape index (κ2) is 4.58. The molecule has 0 atom stereocenters. The number of rotatable bonds is 5. The molecule has 1 aliphatic rings. The monoisotopic (exact) mass is 285 g/mol. The molecule has 0 saturated heterocycles. The maximum Gasteiger partial charge on any atom is 0.358 e. The van der Waals surface area contributed by atoms with Gasteiger partial charge < -0.3 is 5.11 Å². The van der Waals surface area contributed by atoms with Crippen molar-refractivity contribution >= 4 is 5.97 Å². The molecule has 1 fully saturated rings. The van der Waals surface area contributed by atoms with E-state index in [-0.39, 0.29) is 12.6 Å². The first-order valence-electron chi connectivity index (χ1n) is 5.79. The van der Waals surface area contributed by atoms with Crippen molar-refractivity contribution in [3.63, 3.8) is 0 Å². The van der Waals surface area contributed by atoms with Crippen LogP contribution in [0.15, 0.2) is 0 Å². The quantitative estimate of drug-likeness (QED) is 0.839. The van der Waals surface area contributed by atoms with Gasteiger partial charge in [0.05, 0.1) is 6.04 Å². The van der Waals surface area contributed by atoms with Gasteiger partial charge in [0.15, 0.2) is 11.5 Å². The molecule has 9 nitrogen and oxygen atoms in total. The summed E-state index contributed by atoms with van der Waals surface area (Å²) in [4.78, 5) is 10.8. The van der Waals surface area contributed by atoms with Crippen molar-refractivity contribution in [3.05, 3.63) is 17.2 Å². The molecular formula is C9H9F2N7O2. The normalized spacial score (nSPS) is 14.9. The van der Waals surface area contributed by atoms with Crippen molar-refractivity contribution in [2.75, 3.05) is 0 Å². The van der Waals surface area contributed by atoms with Crippen LogP contribution in [0.1, 0.15) is 47.3 Å². The van der Waals surface area contributed by atoms with E-state index in [1.807, 2.05) is 0 Å². The molecule has 0 aliphatic heterocycles. The molecule has 0 radical (unpaired) electrons. The lowest BCUT2D eigenvalue weighted by Crippen LogP contribution is -2.14. The molecule has 106 valence electrons. The summed E-state index contributed by atoms with van der Waals surface area (Å²) in [6.07, 6.45) is -1.14. The van der Waals surface area contributed by atoms with Gasteiger partial charge in [-0.3, -0.25) is 0 Å². The summed E-state index contributed by atoms with van der Waals surface area (Å²) < 4.78 is 28.3. The molecule has 0 spiro atoms. The number of carboxylic acid groups (broad SMARTS) is 1. The van der Waals surface area contributed by atoms with E-state index in [2.05, 4.69) is 25.8 Å². The number of hydrogen-bond acceptors (Lipinski definition) is 6. The van der Waals surface area contributed by atoms with E-state index in [1.165, 1.54) is 4.68 Å². The summed E-state index contributed by atoms with van der Waals surface area (Å²) in [5.41, 5.74) is -1.51. The molecule has 1 aliphatic carbocycles. The minimum absolute atomic E-state index is 0.149. The zero-order valence-electron chi connectivity index (χ0n) is 10.0. The Kier molecular flexibility index (Phi) is 2.88. The molecular weight excluding hydrogens is 276 g/mol. The third kappa shape index (κ3) is 2.10. The minimum atomic E-state index is -3.00. The van der Waals surface area contributed by atoms with Gasteiger partial charge in [-0.05, 0) is 23.3 Å². The van der Waals surface area contributed by atoms with Crippen molar-refractivity contribution < 1.29 is 18.7 Å². The van der Waals surface area contributed by atoms with Gasteiger partial charge in [-0.1, -0.05) is 5.21 Å². The summed E-state index contributed by atoms with van der Waals surface area (Å²) in [6.45, 7) is -0.149. The smallest absolute Gasteiger partial charge is 0.358 e. The average molecular weight is 285 g/mol. The van der Waals surface area contributed by atoms with Gasteiger partial charge in [0.2, 0.25) is 0 Å². The van der Waals surface area contributed by atoms with Gasteiger partial charge in [-0.25, -0.2) is 22.9 Å². The predicted octanol–water partition coefficient (Wildman–Crippen LogP) is 0.284. The highest BCUT2D eigenvalue weighted by molar-refractivity contribution is 5.86. The summed E-state index contributed by atoms with van der Waals surface area (Å²) in [7, 11) is 0. The highest BCUT2D eigenvalue weighted by Crippen LogP contribution is 2.34. The van der Waals surface area contributed by atoms with Crippen LogP contribution in [-0.4, -0.2) is 46.3 Å². The number of carbonyl (C=O) groups is 1. The fourth-order valence-electron chi connectivity index (χ4n) is 1.86. The first-order chi connectivity index (χ1) is 9.58.